The highest BCUT2D eigenvalue weighted by Gasteiger charge is 2.71. The van der Waals surface area contributed by atoms with Gasteiger partial charge in [-0.05, 0) is 58.3 Å². The Kier molecular flexibility index (Phi) is 8.19. The van der Waals surface area contributed by atoms with Crippen LogP contribution in [0, 0.1) is 29.6 Å². The van der Waals surface area contributed by atoms with Crippen LogP contribution in [0.4, 0.5) is 8.78 Å². The first kappa shape index (κ1) is 31.5. The van der Waals surface area contributed by atoms with Crippen LogP contribution >= 0.6 is 0 Å². The number of esters is 4. The van der Waals surface area contributed by atoms with Gasteiger partial charge in [0.15, 0.2) is 6.10 Å². The highest BCUT2D eigenvalue weighted by atomic mass is 32.2. The number of fused-ring (bicyclic) bond motifs is 3. The summed E-state index contributed by atoms with van der Waals surface area (Å²) in [5.74, 6) is -5.66. The molecule has 3 saturated heterocycles. The van der Waals surface area contributed by atoms with Gasteiger partial charge in [0.25, 0.3) is 0 Å². The average Bonchev–Trinajstić information content (AvgIpc) is 3.76. The van der Waals surface area contributed by atoms with Gasteiger partial charge in [-0.1, -0.05) is 6.42 Å². The van der Waals surface area contributed by atoms with Crippen molar-refractivity contribution in [2.24, 2.45) is 29.6 Å². The van der Waals surface area contributed by atoms with Crippen LogP contribution < -0.4 is 0 Å². The zero-order valence-electron chi connectivity index (χ0n) is 24.1. The SMILES string of the molecule is CC(OC(=O)COCC(=O)OC1C2CC3C1OC(=O)C3C2C(=O)OC1(C2CC3CCC2O3)CCCCC1)C(F)(F)S(=O)(=O)O. The molecule has 6 rings (SSSR count). The molecule has 4 bridgehead atoms. The van der Waals surface area contributed by atoms with E-state index in [1.807, 2.05) is 0 Å². The van der Waals surface area contributed by atoms with Gasteiger partial charge in [0.2, 0.25) is 0 Å². The van der Waals surface area contributed by atoms with Gasteiger partial charge in [-0.2, -0.15) is 17.2 Å². The zero-order chi connectivity index (χ0) is 31.6. The van der Waals surface area contributed by atoms with E-state index in [1.54, 1.807) is 0 Å². The second-order valence-electron chi connectivity index (χ2n) is 12.9. The van der Waals surface area contributed by atoms with E-state index in [2.05, 4.69) is 4.74 Å². The van der Waals surface area contributed by atoms with Gasteiger partial charge in [0.05, 0.1) is 24.0 Å². The number of alkyl halides is 2. The third-order valence-corrected chi connectivity index (χ3v) is 11.5. The minimum Gasteiger partial charge on any atom is -0.458 e. The van der Waals surface area contributed by atoms with Crippen LogP contribution in [0.1, 0.15) is 64.7 Å². The van der Waals surface area contributed by atoms with Crippen molar-refractivity contribution >= 4 is 34.0 Å². The monoisotopic (exact) mass is 650 g/mol. The van der Waals surface area contributed by atoms with Crippen molar-refractivity contribution in [3.05, 3.63) is 0 Å². The van der Waals surface area contributed by atoms with Crippen LogP contribution in [-0.2, 0) is 57.7 Å². The third kappa shape index (κ3) is 5.38. The zero-order valence-corrected chi connectivity index (χ0v) is 24.9. The van der Waals surface area contributed by atoms with Gasteiger partial charge in [0.1, 0.15) is 31.0 Å². The number of halogens is 2. The molecule has 0 aromatic carbocycles. The van der Waals surface area contributed by atoms with E-state index < -0.39 is 94.1 Å². The highest BCUT2D eigenvalue weighted by Crippen LogP contribution is 2.60. The highest BCUT2D eigenvalue weighted by molar-refractivity contribution is 7.86. The molecule has 0 aromatic rings. The first-order chi connectivity index (χ1) is 20.7. The summed E-state index contributed by atoms with van der Waals surface area (Å²) >= 11 is 0. The molecule has 44 heavy (non-hydrogen) atoms. The molecule has 0 amide bonds. The maximum atomic E-state index is 13.9. The van der Waals surface area contributed by atoms with Gasteiger partial charge in [-0.15, -0.1) is 0 Å². The molecule has 6 fully saturated rings. The van der Waals surface area contributed by atoms with Crippen molar-refractivity contribution in [1.82, 2.24) is 0 Å². The molecular weight excluding hydrogens is 614 g/mol. The van der Waals surface area contributed by atoms with Crippen molar-refractivity contribution in [2.75, 3.05) is 13.2 Å². The molecule has 3 aliphatic heterocycles. The molecular formula is C28H36F2O13S. The third-order valence-electron chi connectivity index (χ3n) is 10.4. The van der Waals surface area contributed by atoms with Crippen molar-refractivity contribution in [2.45, 2.75) is 106 Å². The second-order valence-corrected chi connectivity index (χ2v) is 14.4. The molecule has 0 aromatic heterocycles. The summed E-state index contributed by atoms with van der Waals surface area (Å²) in [6, 6.07) is 0. The van der Waals surface area contributed by atoms with E-state index >= 15 is 0 Å². The second kappa shape index (κ2) is 11.4. The first-order valence-corrected chi connectivity index (χ1v) is 16.6. The normalized spacial score (nSPS) is 37.5. The molecule has 16 heteroatoms. The lowest BCUT2D eigenvalue weighted by molar-refractivity contribution is -0.187. The Bertz CT molecular complexity index is 1300. The van der Waals surface area contributed by atoms with E-state index in [4.69, 9.17) is 28.2 Å². The molecule has 6 aliphatic rings. The first-order valence-electron chi connectivity index (χ1n) is 15.1. The summed E-state index contributed by atoms with van der Waals surface area (Å²) in [5.41, 5.74) is -0.656. The molecule has 1 N–H and O–H groups in total. The van der Waals surface area contributed by atoms with Crippen molar-refractivity contribution in [3.8, 4) is 0 Å². The van der Waals surface area contributed by atoms with Gasteiger partial charge < -0.3 is 28.4 Å². The fraction of sp³-hybridized carbons (Fsp3) is 0.857. The van der Waals surface area contributed by atoms with Gasteiger partial charge in [-0.25, -0.2) is 9.59 Å². The smallest absolute Gasteiger partial charge is 0.405 e. The number of hydrogen-bond donors (Lipinski definition) is 1. The Morgan fingerprint density at radius 2 is 1.77 bits per heavy atom. The van der Waals surface area contributed by atoms with Crippen LogP contribution in [0.15, 0.2) is 0 Å². The molecule has 0 radical (unpaired) electrons. The molecule has 3 heterocycles. The van der Waals surface area contributed by atoms with Crippen LogP contribution in [0.3, 0.4) is 0 Å². The Hall–Kier alpha value is -2.43. The van der Waals surface area contributed by atoms with Gasteiger partial charge in [-0.3, -0.25) is 14.1 Å². The molecule has 3 saturated carbocycles. The summed E-state index contributed by atoms with van der Waals surface area (Å²) < 4.78 is 90.2. The Morgan fingerprint density at radius 1 is 1.07 bits per heavy atom. The minimum atomic E-state index is -5.84. The van der Waals surface area contributed by atoms with Gasteiger partial charge >= 0.3 is 39.2 Å². The molecule has 10 unspecified atom stereocenters. The number of hydrogen-bond acceptors (Lipinski definition) is 12. The maximum Gasteiger partial charge on any atom is 0.405 e. The van der Waals surface area contributed by atoms with Crippen LogP contribution in [0.25, 0.3) is 0 Å². The van der Waals surface area contributed by atoms with Gasteiger partial charge in [0, 0.05) is 17.8 Å². The molecule has 3 aliphatic carbocycles. The summed E-state index contributed by atoms with van der Waals surface area (Å²) in [6.07, 6.45) is 3.64. The molecule has 0 spiro atoms. The van der Waals surface area contributed by atoms with E-state index in [0.717, 1.165) is 51.4 Å². The fourth-order valence-electron chi connectivity index (χ4n) is 8.54. The topological polar surface area (TPSA) is 178 Å². The minimum absolute atomic E-state index is 0.0557. The summed E-state index contributed by atoms with van der Waals surface area (Å²) in [4.78, 5) is 51.2. The average molecular weight is 651 g/mol. The lowest BCUT2D eigenvalue weighted by atomic mass is 9.69. The molecule has 246 valence electrons. The number of carbonyl (C=O) groups is 4. The molecule has 10 atom stereocenters. The number of carbonyl (C=O) groups excluding carboxylic acids is 4. The van der Waals surface area contributed by atoms with E-state index in [0.29, 0.717) is 13.3 Å². The van der Waals surface area contributed by atoms with Crippen molar-refractivity contribution < 1.29 is 69.4 Å². The lowest BCUT2D eigenvalue weighted by Gasteiger charge is -2.45. The van der Waals surface area contributed by atoms with Crippen LogP contribution in [0.5, 0.6) is 0 Å². The maximum absolute atomic E-state index is 13.9. The summed E-state index contributed by atoms with van der Waals surface area (Å²) in [6.45, 7) is -1.24. The summed E-state index contributed by atoms with van der Waals surface area (Å²) in [5, 5.41) is -4.75. The Morgan fingerprint density at radius 3 is 2.41 bits per heavy atom. The number of rotatable bonds is 11. The van der Waals surface area contributed by atoms with E-state index in [-0.39, 0.29) is 24.0 Å². The predicted molar refractivity (Wildman–Crippen MR) is 139 cm³/mol. The van der Waals surface area contributed by atoms with Crippen molar-refractivity contribution in [1.29, 1.82) is 0 Å². The van der Waals surface area contributed by atoms with Crippen LogP contribution in [0.2, 0.25) is 0 Å². The lowest BCUT2D eigenvalue weighted by Crippen LogP contribution is -2.51. The standard InChI is InChI=1S/C28H36F2O13S/c1-13(28(29,30)44(35,36)37)39-19(31)11-38-12-20(32)41-23-16-10-15-21(25(33)42-24(15)23)22(16)26(34)43-27(7-3-2-4-8-27)17-9-14-5-6-18(17)40-14/h13-18,21-24H,2-12H2,1H3,(H,35,36,37). The fourth-order valence-corrected chi connectivity index (χ4v) is 9.01. The van der Waals surface area contributed by atoms with Crippen molar-refractivity contribution in [3.63, 3.8) is 0 Å². The summed E-state index contributed by atoms with van der Waals surface area (Å²) in [7, 11) is -5.84. The Labute approximate surface area is 252 Å². The Balaban J connectivity index is 1.06. The largest absolute Gasteiger partial charge is 0.458 e. The van der Waals surface area contributed by atoms with E-state index in [1.165, 1.54) is 0 Å². The quantitative estimate of drug-likeness (QED) is 0.195. The van der Waals surface area contributed by atoms with E-state index in [9.17, 15) is 36.4 Å². The number of ether oxygens (including phenoxy) is 6. The molecule has 13 nitrogen and oxygen atoms in total. The predicted octanol–water partition coefficient (Wildman–Crippen LogP) is 1.95. The van der Waals surface area contributed by atoms with Crippen LogP contribution in [-0.4, -0.2) is 91.4 Å².